The molecular formula is C21H29N3O4S. The van der Waals surface area contributed by atoms with E-state index < -0.39 is 16.1 Å². The molecule has 8 heteroatoms. The summed E-state index contributed by atoms with van der Waals surface area (Å²) in [4.78, 5) is 6.30. The van der Waals surface area contributed by atoms with Crippen molar-refractivity contribution in [2.24, 2.45) is 5.92 Å². The van der Waals surface area contributed by atoms with Gasteiger partial charge in [-0.15, -0.1) is 0 Å². The molecule has 158 valence electrons. The average molecular weight is 420 g/mol. The molecule has 0 spiro atoms. The number of aromatic nitrogens is 1. The van der Waals surface area contributed by atoms with E-state index >= 15 is 0 Å². The monoisotopic (exact) mass is 419 g/mol. The number of rotatable bonds is 5. The van der Waals surface area contributed by atoms with Crippen molar-refractivity contribution < 1.29 is 18.3 Å². The Balaban J connectivity index is 2.14. The summed E-state index contributed by atoms with van der Waals surface area (Å²) in [5.74, 6) is 0.274. The van der Waals surface area contributed by atoms with Crippen LogP contribution in [-0.2, 0) is 10.0 Å². The molecule has 2 heterocycles. The number of hydrogen-bond acceptors (Lipinski definition) is 6. The zero-order valence-electron chi connectivity index (χ0n) is 17.3. The van der Waals surface area contributed by atoms with Crippen LogP contribution >= 0.6 is 0 Å². The third-order valence-corrected chi connectivity index (χ3v) is 7.23. The largest absolute Gasteiger partial charge is 0.487 e. The molecular weight excluding hydrogens is 390 g/mol. The molecule has 7 nitrogen and oxygen atoms in total. The first-order valence-corrected chi connectivity index (χ1v) is 11.2. The first-order valence-electron chi connectivity index (χ1n) is 9.72. The lowest BCUT2D eigenvalue weighted by molar-refractivity contribution is 0.0813. The van der Waals surface area contributed by atoms with Gasteiger partial charge < -0.3 is 14.7 Å². The van der Waals surface area contributed by atoms with E-state index in [1.165, 1.54) is 4.31 Å². The Bertz CT molecular complexity index is 934. The number of aliphatic hydroxyl groups is 1. The van der Waals surface area contributed by atoms with Crippen LogP contribution in [0, 0.1) is 5.92 Å². The topological polar surface area (TPSA) is 83.0 Å². The van der Waals surface area contributed by atoms with Crippen LogP contribution < -0.4 is 4.74 Å². The fourth-order valence-electron chi connectivity index (χ4n) is 3.52. The Kier molecular flexibility index (Phi) is 6.58. The molecule has 2 aromatic rings. The van der Waals surface area contributed by atoms with Gasteiger partial charge in [0.25, 0.3) is 0 Å². The molecule has 1 aromatic heterocycles. The maximum atomic E-state index is 13.4. The van der Waals surface area contributed by atoms with Gasteiger partial charge in [0, 0.05) is 43.0 Å². The second-order valence-corrected chi connectivity index (χ2v) is 9.76. The van der Waals surface area contributed by atoms with Crippen molar-refractivity contribution in [2.75, 3.05) is 33.8 Å². The number of fused-ring (bicyclic) bond motifs is 1. The number of pyridine rings is 1. The zero-order chi connectivity index (χ0) is 21.2. The molecule has 1 N–H and O–H groups in total. The highest BCUT2D eigenvalue weighted by atomic mass is 32.2. The maximum Gasteiger partial charge on any atom is 0.247 e. The SMILES string of the molecule is C[C@H](CO)N1C[C@H](C)[C@@H](CN(C)C)Oc2cc(-c3cccnc3)ccc2S1(=O)=O. The number of hydrogen-bond donors (Lipinski definition) is 1. The van der Waals surface area contributed by atoms with Crippen molar-refractivity contribution in [3.63, 3.8) is 0 Å². The van der Waals surface area contributed by atoms with Crippen LogP contribution in [0.1, 0.15) is 13.8 Å². The third kappa shape index (κ3) is 4.61. The predicted octanol–water partition coefficient (Wildman–Crippen LogP) is 2.08. The first kappa shape index (κ1) is 21.7. The van der Waals surface area contributed by atoms with Crippen LogP contribution in [0.3, 0.4) is 0 Å². The number of nitrogens with zero attached hydrogens (tertiary/aromatic N) is 3. The standard InChI is InChI=1S/C21H29N3O4S/c1-15-12-24(16(2)14-25)29(26,27)21-8-7-17(18-6-5-9-22-11-18)10-19(21)28-20(15)13-23(3)4/h5-11,15-16,20,25H,12-14H2,1-4H3/t15-,16+,20+/m0/s1. The molecule has 0 bridgehead atoms. The van der Waals surface area contributed by atoms with Crippen LogP contribution in [0.5, 0.6) is 5.75 Å². The molecule has 0 radical (unpaired) electrons. The van der Waals surface area contributed by atoms with Gasteiger partial charge in [-0.3, -0.25) is 4.98 Å². The predicted molar refractivity (Wildman–Crippen MR) is 112 cm³/mol. The normalized spacial score (nSPS) is 23.0. The van der Waals surface area contributed by atoms with Crippen molar-refractivity contribution in [2.45, 2.75) is 30.9 Å². The lowest BCUT2D eigenvalue weighted by atomic mass is 10.0. The summed E-state index contributed by atoms with van der Waals surface area (Å²) >= 11 is 0. The minimum Gasteiger partial charge on any atom is -0.487 e. The number of likely N-dealkylation sites (N-methyl/N-ethyl adjacent to an activating group) is 1. The van der Waals surface area contributed by atoms with Gasteiger partial charge in [-0.1, -0.05) is 19.1 Å². The smallest absolute Gasteiger partial charge is 0.247 e. The molecule has 3 atom stereocenters. The molecule has 0 unspecified atom stereocenters. The van der Waals surface area contributed by atoms with Crippen LogP contribution in [-0.4, -0.2) is 73.7 Å². The number of benzene rings is 1. The Labute approximate surface area is 173 Å². The highest BCUT2D eigenvalue weighted by Gasteiger charge is 2.37. The molecule has 1 aliphatic heterocycles. The van der Waals surface area contributed by atoms with Crippen LogP contribution in [0.25, 0.3) is 11.1 Å². The Hall–Kier alpha value is -2.00. The van der Waals surface area contributed by atoms with E-state index in [1.54, 1.807) is 37.5 Å². The van der Waals surface area contributed by atoms with E-state index in [0.717, 1.165) is 11.1 Å². The molecule has 3 rings (SSSR count). The fraction of sp³-hybridized carbons (Fsp3) is 0.476. The Morgan fingerprint density at radius 3 is 2.69 bits per heavy atom. The van der Waals surface area contributed by atoms with Crippen LogP contribution in [0.15, 0.2) is 47.6 Å². The Morgan fingerprint density at radius 1 is 1.31 bits per heavy atom. The summed E-state index contributed by atoms with van der Waals surface area (Å²) in [6.07, 6.45) is 3.23. The van der Waals surface area contributed by atoms with Crippen LogP contribution in [0.4, 0.5) is 0 Å². The van der Waals surface area contributed by atoms with Gasteiger partial charge in [-0.2, -0.15) is 4.31 Å². The maximum absolute atomic E-state index is 13.4. The summed E-state index contributed by atoms with van der Waals surface area (Å²) in [7, 11) is 0.111. The summed E-state index contributed by atoms with van der Waals surface area (Å²) in [5, 5.41) is 9.67. The molecule has 1 aliphatic rings. The number of aliphatic hydroxyl groups excluding tert-OH is 1. The second-order valence-electron chi connectivity index (χ2n) is 7.91. The fourth-order valence-corrected chi connectivity index (χ4v) is 5.34. The van der Waals surface area contributed by atoms with Crippen molar-refractivity contribution >= 4 is 10.0 Å². The second kappa shape index (κ2) is 8.79. The molecule has 29 heavy (non-hydrogen) atoms. The minimum atomic E-state index is -3.82. The highest BCUT2D eigenvalue weighted by molar-refractivity contribution is 7.89. The average Bonchev–Trinajstić information content (AvgIpc) is 2.70. The molecule has 0 aliphatic carbocycles. The van der Waals surface area contributed by atoms with E-state index in [-0.39, 0.29) is 30.1 Å². The summed E-state index contributed by atoms with van der Waals surface area (Å²) in [5.41, 5.74) is 1.72. The third-order valence-electron chi connectivity index (χ3n) is 5.21. The summed E-state index contributed by atoms with van der Waals surface area (Å²) in [6.45, 7) is 4.40. The first-order chi connectivity index (χ1) is 13.7. The van der Waals surface area contributed by atoms with Gasteiger partial charge in [-0.05, 0) is 44.8 Å². The minimum absolute atomic E-state index is 0.0589. The van der Waals surface area contributed by atoms with Crippen LogP contribution in [0.2, 0.25) is 0 Å². The van der Waals surface area contributed by atoms with Crippen molar-refractivity contribution in [1.29, 1.82) is 0 Å². The summed E-state index contributed by atoms with van der Waals surface area (Å²) in [6, 6.07) is 8.37. The quantitative estimate of drug-likeness (QED) is 0.799. The van der Waals surface area contributed by atoms with E-state index in [0.29, 0.717) is 12.3 Å². The number of ether oxygens (including phenoxy) is 1. The summed E-state index contributed by atoms with van der Waals surface area (Å²) < 4.78 is 34.5. The van der Waals surface area contributed by atoms with Gasteiger partial charge in [0.1, 0.15) is 16.7 Å². The molecule has 0 amide bonds. The van der Waals surface area contributed by atoms with Crippen molar-refractivity contribution in [3.05, 3.63) is 42.7 Å². The molecule has 1 aromatic carbocycles. The molecule has 0 fully saturated rings. The van der Waals surface area contributed by atoms with E-state index in [1.807, 2.05) is 38.1 Å². The van der Waals surface area contributed by atoms with E-state index in [2.05, 4.69) is 4.98 Å². The van der Waals surface area contributed by atoms with Crippen molar-refractivity contribution in [1.82, 2.24) is 14.2 Å². The van der Waals surface area contributed by atoms with E-state index in [9.17, 15) is 13.5 Å². The molecule has 0 saturated carbocycles. The van der Waals surface area contributed by atoms with Gasteiger partial charge in [0.15, 0.2) is 0 Å². The van der Waals surface area contributed by atoms with Gasteiger partial charge in [0.05, 0.1) is 6.61 Å². The van der Waals surface area contributed by atoms with Gasteiger partial charge >= 0.3 is 0 Å². The highest BCUT2D eigenvalue weighted by Crippen LogP contribution is 2.36. The molecule has 0 saturated heterocycles. The van der Waals surface area contributed by atoms with Gasteiger partial charge in [0.2, 0.25) is 10.0 Å². The van der Waals surface area contributed by atoms with E-state index in [4.69, 9.17) is 4.74 Å². The van der Waals surface area contributed by atoms with Crippen molar-refractivity contribution in [3.8, 4) is 16.9 Å². The Morgan fingerprint density at radius 2 is 2.07 bits per heavy atom. The lowest BCUT2D eigenvalue weighted by Crippen LogP contribution is -2.49. The van der Waals surface area contributed by atoms with Gasteiger partial charge in [-0.25, -0.2) is 8.42 Å². The lowest BCUT2D eigenvalue weighted by Gasteiger charge is -2.37. The number of sulfonamides is 1. The zero-order valence-corrected chi connectivity index (χ0v) is 18.1.